The van der Waals surface area contributed by atoms with Gasteiger partial charge in [-0.25, -0.2) is 4.79 Å². The van der Waals surface area contributed by atoms with Crippen molar-refractivity contribution in [3.63, 3.8) is 0 Å². The van der Waals surface area contributed by atoms with E-state index in [0.29, 0.717) is 25.6 Å². The first-order chi connectivity index (χ1) is 10.3. The lowest BCUT2D eigenvalue weighted by Crippen LogP contribution is -2.41. The van der Waals surface area contributed by atoms with E-state index >= 15 is 0 Å². The second-order valence-electron chi connectivity index (χ2n) is 6.93. The van der Waals surface area contributed by atoms with Crippen LogP contribution >= 0.6 is 0 Å². The van der Waals surface area contributed by atoms with Gasteiger partial charge < -0.3 is 15.4 Å². The van der Waals surface area contributed by atoms with Gasteiger partial charge in [0.1, 0.15) is 5.60 Å². The molecule has 0 aliphatic carbocycles. The summed E-state index contributed by atoms with van der Waals surface area (Å²) < 4.78 is 5.43. The Morgan fingerprint density at radius 2 is 2.05 bits per heavy atom. The number of amides is 1. The van der Waals surface area contributed by atoms with Crippen molar-refractivity contribution in [1.29, 1.82) is 0 Å². The summed E-state index contributed by atoms with van der Waals surface area (Å²) in [6.45, 7) is 9.74. The number of ether oxygens (including phenoxy) is 1. The molecule has 0 saturated carbocycles. The molecule has 0 aromatic carbocycles. The molecule has 2 rings (SSSR count). The van der Waals surface area contributed by atoms with Crippen LogP contribution in [0, 0.1) is 6.92 Å². The molecule has 0 bridgehead atoms. The number of nitrogens with two attached hydrogens (primary N) is 1. The van der Waals surface area contributed by atoms with Gasteiger partial charge in [-0.15, -0.1) is 0 Å². The summed E-state index contributed by atoms with van der Waals surface area (Å²) >= 11 is 0. The Labute approximate surface area is 132 Å². The number of aromatic nitrogens is 1. The predicted molar refractivity (Wildman–Crippen MR) is 86.6 cm³/mol. The minimum absolute atomic E-state index is 0.216. The highest BCUT2D eigenvalue weighted by Gasteiger charge is 2.28. The molecular weight excluding hydrogens is 278 g/mol. The van der Waals surface area contributed by atoms with Gasteiger partial charge in [0.2, 0.25) is 0 Å². The van der Waals surface area contributed by atoms with Crippen LogP contribution in [0.1, 0.15) is 56.4 Å². The molecule has 1 aromatic rings. The summed E-state index contributed by atoms with van der Waals surface area (Å²) in [6, 6.07) is 1.98. The average Bonchev–Trinajstić information content (AvgIpc) is 2.46. The van der Waals surface area contributed by atoms with E-state index < -0.39 is 5.60 Å². The van der Waals surface area contributed by atoms with Crippen LogP contribution in [0.2, 0.25) is 0 Å². The number of likely N-dealkylation sites (tertiary alicyclic amines) is 1. The summed E-state index contributed by atoms with van der Waals surface area (Å²) in [4.78, 5) is 18.4. The largest absolute Gasteiger partial charge is 0.444 e. The molecule has 0 radical (unpaired) electrons. The maximum Gasteiger partial charge on any atom is 0.410 e. The van der Waals surface area contributed by atoms with Crippen molar-refractivity contribution in [2.75, 3.05) is 13.1 Å². The lowest BCUT2D eigenvalue weighted by molar-refractivity contribution is 0.0204. The van der Waals surface area contributed by atoms with Crippen LogP contribution < -0.4 is 5.73 Å². The fourth-order valence-electron chi connectivity index (χ4n) is 2.89. The van der Waals surface area contributed by atoms with Gasteiger partial charge in [-0.2, -0.15) is 0 Å². The summed E-state index contributed by atoms with van der Waals surface area (Å²) in [5.74, 6) is 0.394. The first-order valence-electron chi connectivity index (χ1n) is 7.94. The Morgan fingerprint density at radius 3 is 2.59 bits per heavy atom. The fourth-order valence-corrected chi connectivity index (χ4v) is 2.89. The zero-order valence-electron chi connectivity index (χ0n) is 14.1. The number of nitrogens with zero attached hydrogens (tertiary/aromatic N) is 2. The fraction of sp³-hybridized carbons (Fsp3) is 0.647. The Hall–Kier alpha value is -1.62. The topological polar surface area (TPSA) is 68.5 Å². The van der Waals surface area contributed by atoms with E-state index in [4.69, 9.17) is 10.5 Å². The summed E-state index contributed by atoms with van der Waals surface area (Å²) in [5.41, 5.74) is 8.81. The van der Waals surface area contributed by atoms with E-state index in [0.717, 1.165) is 24.1 Å². The van der Waals surface area contributed by atoms with E-state index in [1.54, 1.807) is 4.90 Å². The molecule has 0 unspecified atom stereocenters. The standard InChI is InChI=1S/C17H27N3O2/c1-12-14(11-18)5-8-19-15(12)13-6-9-20(10-7-13)16(21)22-17(2,3)4/h5,8,13H,6-7,9-11,18H2,1-4H3. The number of piperidine rings is 1. The molecule has 1 aromatic heterocycles. The van der Waals surface area contributed by atoms with Crippen LogP contribution in [0.3, 0.4) is 0 Å². The van der Waals surface area contributed by atoms with Gasteiger partial charge in [-0.1, -0.05) is 0 Å². The first-order valence-corrected chi connectivity index (χ1v) is 7.94. The molecular formula is C17H27N3O2. The van der Waals surface area contributed by atoms with E-state index in [1.807, 2.05) is 33.0 Å². The minimum Gasteiger partial charge on any atom is -0.444 e. The van der Waals surface area contributed by atoms with Crippen molar-refractivity contribution in [3.8, 4) is 0 Å². The van der Waals surface area contributed by atoms with Gasteiger partial charge in [0.05, 0.1) is 0 Å². The maximum atomic E-state index is 12.1. The molecule has 1 aliphatic heterocycles. The highest BCUT2D eigenvalue weighted by Crippen LogP contribution is 2.30. The highest BCUT2D eigenvalue weighted by molar-refractivity contribution is 5.68. The SMILES string of the molecule is Cc1c(CN)ccnc1C1CCN(C(=O)OC(C)(C)C)CC1. The Kier molecular flexibility index (Phi) is 5.06. The summed E-state index contributed by atoms with van der Waals surface area (Å²) in [6.07, 6.45) is 3.46. The van der Waals surface area contributed by atoms with E-state index in [-0.39, 0.29) is 6.09 Å². The molecule has 5 heteroatoms. The number of rotatable bonds is 2. The molecule has 22 heavy (non-hydrogen) atoms. The normalized spacial score (nSPS) is 16.7. The molecule has 122 valence electrons. The van der Waals surface area contributed by atoms with Crippen LogP contribution in [-0.2, 0) is 11.3 Å². The molecule has 1 saturated heterocycles. The molecule has 1 aliphatic rings. The first kappa shape index (κ1) is 16.7. The lowest BCUT2D eigenvalue weighted by Gasteiger charge is -2.33. The molecule has 0 spiro atoms. The van der Waals surface area contributed by atoms with Crippen LogP contribution in [0.25, 0.3) is 0 Å². The maximum absolute atomic E-state index is 12.1. The minimum atomic E-state index is -0.443. The molecule has 1 fully saturated rings. The average molecular weight is 305 g/mol. The van der Waals surface area contributed by atoms with Crippen LogP contribution in [0.15, 0.2) is 12.3 Å². The molecule has 2 N–H and O–H groups in total. The van der Waals surface area contributed by atoms with Gasteiger partial charge in [0.15, 0.2) is 0 Å². The number of carbonyl (C=O) groups is 1. The smallest absolute Gasteiger partial charge is 0.410 e. The zero-order valence-corrected chi connectivity index (χ0v) is 14.1. The van der Waals surface area contributed by atoms with Crippen LogP contribution in [-0.4, -0.2) is 34.7 Å². The van der Waals surface area contributed by atoms with Crippen LogP contribution in [0.5, 0.6) is 0 Å². The van der Waals surface area contributed by atoms with Gasteiger partial charge in [0.25, 0.3) is 0 Å². The Morgan fingerprint density at radius 1 is 1.41 bits per heavy atom. The van der Waals surface area contributed by atoms with Crippen molar-refractivity contribution >= 4 is 6.09 Å². The Balaban J connectivity index is 1.99. The van der Waals surface area contributed by atoms with Crippen LogP contribution in [0.4, 0.5) is 4.79 Å². The van der Waals surface area contributed by atoms with Crippen molar-refractivity contribution < 1.29 is 9.53 Å². The zero-order chi connectivity index (χ0) is 16.3. The quantitative estimate of drug-likeness (QED) is 0.912. The molecule has 0 atom stereocenters. The third kappa shape index (κ3) is 3.97. The lowest BCUT2D eigenvalue weighted by atomic mass is 9.89. The van der Waals surface area contributed by atoms with E-state index in [1.165, 1.54) is 5.56 Å². The van der Waals surface area contributed by atoms with Crippen molar-refractivity contribution in [2.24, 2.45) is 5.73 Å². The van der Waals surface area contributed by atoms with Gasteiger partial charge in [-0.3, -0.25) is 4.98 Å². The molecule has 1 amide bonds. The Bertz CT molecular complexity index is 529. The van der Waals surface area contributed by atoms with Crippen molar-refractivity contribution in [1.82, 2.24) is 9.88 Å². The third-order valence-electron chi connectivity index (χ3n) is 4.11. The number of hydrogen-bond acceptors (Lipinski definition) is 4. The van der Waals surface area contributed by atoms with E-state index in [9.17, 15) is 4.79 Å². The second-order valence-corrected chi connectivity index (χ2v) is 6.93. The number of pyridine rings is 1. The highest BCUT2D eigenvalue weighted by atomic mass is 16.6. The molecule has 2 heterocycles. The monoisotopic (exact) mass is 305 g/mol. The second kappa shape index (κ2) is 6.65. The van der Waals surface area contributed by atoms with Crippen molar-refractivity contribution in [3.05, 3.63) is 29.1 Å². The van der Waals surface area contributed by atoms with E-state index in [2.05, 4.69) is 11.9 Å². The van der Waals surface area contributed by atoms with Gasteiger partial charge in [0, 0.05) is 37.4 Å². The van der Waals surface area contributed by atoms with Gasteiger partial charge in [-0.05, 0) is 57.7 Å². The van der Waals surface area contributed by atoms with Crippen molar-refractivity contribution in [2.45, 2.75) is 58.6 Å². The molecule has 5 nitrogen and oxygen atoms in total. The van der Waals surface area contributed by atoms with Gasteiger partial charge >= 0.3 is 6.09 Å². The number of hydrogen-bond donors (Lipinski definition) is 1. The predicted octanol–water partition coefficient (Wildman–Crippen LogP) is 2.96. The summed E-state index contributed by atoms with van der Waals surface area (Å²) in [7, 11) is 0. The number of carbonyl (C=O) groups excluding carboxylic acids is 1. The third-order valence-corrected chi connectivity index (χ3v) is 4.11. The summed E-state index contributed by atoms with van der Waals surface area (Å²) in [5, 5.41) is 0.